The molecule has 156 valence electrons. The lowest BCUT2D eigenvalue weighted by molar-refractivity contribution is -0.113. The van der Waals surface area contributed by atoms with E-state index in [0.29, 0.717) is 22.0 Å². The normalized spacial score (nSPS) is 10.6. The Hall–Kier alpha value is -3.27. The van der Waals surface area contributed by atoms with Crippen molar-refractivity contribution in [2.24, 2.45) is 7.05 Å². The van der Waals surface area contributed by atoms with Crippen molar-refractivity contribution in [3.8, 4) is 0 Å². The van der Waals surface area contributed by atoms with E-state index in [-0.39, 0.29) is 30.5 Å². The van der Waals surface area contributed by atoms with E-state index in [4.69, 9.17) is 0 Å². The summed E-state index contributed by atoms with van der Waals surface area (Å²) >= 11 is 1.25. The minimum atomic E-state index is -0.655. The van der Waals surface area contributed by atoms with E-state index in [0.717, 1.165) is 6.07 Å². The predicted molar refractivity (Wildman–Crippen MR) is 109 cm³/mol. The van der Waals surface area contributed by atoms with Crippen LogP contribution >= 0.6 is 11.8 Å². The second-order valence-electron chi connectivity index (χ2n) is 6.43. The summed E-state index contributed by atoms with van der Waals surface area (Å²) in [5.74, 6) is -1.76. The van der Waals surface area contributed by atoms with Crippen molar-refractivity contribution in [1.29, 1.82) is 0 Å². The Morgan fingerprint density at radius 3 is 2.60 bits per heavy atom. The average Bonchev–Trinajstić information content (AvgIpc) is 3.10. The first kappa shape index (κ1) is 21.4. The molecule has 7 nitrogen and oxygen atoms in total. The van der Waals surface area contributed by atoms with E-state index in [1.165, 1.54) is 23.9 Å². The minimum absolute atomic E-state index is 0.146. The van der Waals surface area contributed by atoms with Gasteiger partial charge in [0.2, 0.25) is 5.91 Å². The molecule has 0 fully saturated rings. The molecule has 10 heteroatoms. The highest BCUT2D eigenvalue weighted by Crippen LogP contribution is 2.15. The maximum atomic E-state index is 13.2. The summed E-state index contributed by atoms with van der Waals surface area (Å²) < 4.78 is 28.1. The molecule has 0 aliphatic rings. The summed E-state index contributed by atoms with van der Waals surface area (Å²) in [7, 11) is 1.78. The molecule has 0 aliphatic carbocycles. The molecule has 0 saturated heterocycles. The van der Waals surface area contributed by atoms with Crippen LogP contribution in [-0.2, 0) is 18.3 Å². The van der Waals surface area contributed by atoms with Gasteiger partial charge in [-0.05, 0) is 42.3 Å². The number of nitrogens with zero attached hydrogens (tertiary/aromatic N) is 3. The van der Waals surface area contributed by atoms with Crippen molar-refractivity contribution in [1.82, 2.24) is 20.1 Å². The highest BCUT2D eigenvalue weighted by molar-refractivity contribution is 7.99. The van der Waals surface area contributed by atoms with Gasteiger partial charge in [-0.1, -0.05) is 17.8 Å². The van der Waals surface area contributed by atoms with E-state index in [2.05, 4.69) is 20.8 Å². The number of carbonyl (C=O) groups excluding carboxylic acids is 2. The van der Waals surface area contributed by atoms with Gasteiger partial charge in [-0.3, -0.25) is 9.59 Å². The molecule has 0 saturated carbocycles. The number of aromatic nitrogens is 3. The molecule has 1 heterocycles. The number of aryl methyl sites for hydroxylation is 1. The molecule has 0 bridgehead atoms. The number of nitrogens with one attached hydrogen (secondary N) is 2. The number of halogens is 2. The number of benzene rings is 2. The number of amides is 2. The van der Waals surface area contributed by atoms with Crippen LogP contribution in [0, 0.1) is 11.6 Å². The fourth-order valence-corrected chi connectivity index (χ4v) is 3.33. The van der Waals surface area contributed by atoms with E-state index >= 15 is 0 Å². The monoisotopic (exact) mass is 431 g/mol. The summed E-state index contributed by atoms with van der Waals surface area (Å²) in [6, 6.07) is 9.76. The van der Waals surface area contributed by atoms with Gasteiger partial charge in [0.05, 0.1) is 5.75 Å². The first-order valence-corrected chi connectivity index (χ1v) is 9.99. The van der Waals surface area contributed by atoms with Gasteiger partial charge >= 0.3 is 0 Å². The van der Waals surface area contributed by atoms with Crippen molar-refractivity contribution in [3.63, 3.8) is 0 Å². The highest BCUT2D eigenvalue weighted by atomic mass is 32.2. The van der Waals surface area contributed by atoms with Crippen LogP contribution in [-0.4, -0.2) is 38.9 Å². The van der Waals surface area contributed by atoms with Crippen molar-refractivity contribution >= 4 is 29.3 Å². The molecule has 2 amide bonds. The van der Waals surface area contributed by atoms with Gasteiger partial charge in [0.15, 0.2) is 5.16 Å². The zero-order chi connectivity index (χ0) is 21.5. The van der Waals surface area contributed by atoms with Gasteiger partial charge in [-0.2, -0.15) is 0 Å². The molecule has 0 radical (unpaired) electrons. The zero-order valence-electron chi connectivity index (χ0n) is 16.1. The molecular formula is C20H19F2N5O2S. The maximum Gasteiger partial charge on any atom is 0.251 e. The third-order valence-corrected chi connectivity index (χ3v) is 5.07. The molecule has 0 spiro atoms. The SMILES string of the molecule is Cn1cnnc1SCC(=O)Nc1cccc(C(=O)NCCc2cc(F)cc(F)c2)c1. The number of thioether (sulfide) groups is 1. The Morgan fingerprint density at radius 2 is 1.90 bits per heavy atom. The molecule has 3 rings (SSSR count). The Kier molecular flexibility index (Phi) is 7.12. The Balaban J connectivity index is 1.50. The van der Waals surface area contributed by atoms with Crippen LogP contribution in [0.4, 0.5) is 14.5 Å². The average molecular weight is 431 g/mol. The number of hydrogen-bond donors (Lipinski definition) is 2. The highest BCUT2D eigenvalue weighted by Gasteiger charge is 2.10. The second-order valence-corrected chi connectivity index (χ2v) is 7.37. The Bertz CT molecular complexity index is 1040. The van der Waals surface area contributed by atoms with Crippen LogP contribution in [0.5, 0.6) is 0 Å². The standard InChI is InChI=1S/C20H19F2N5O2S/c1-27-12-24-26-20(27)30-11-18(28)25-17-4-2-3-14(9-17)19(29)23-6-5-13-7-15(21)10-16(22)8-13/h2-4,7-10,12H,5-6,11H2,1H3,(H,23,29)(H,25,28). The topological polar surface area (TPSA) is 88.9 Å². The van der Waals surface area contributed by atoms with Gasteiger partial charge in [0.25, 0.3) is 5.91 Å². The number of carbonyl (C=O) groups is 2. The van der Waals surface area contributed by atoms with Gasteiger partial charge in [0.1, 0.15) is 18.0 Å². The number of hydrogen-bond acceptors (Lipinski definition) is 5. The quantitative estimate of drug-likeness (QED) is 0.536. The van der Waals surface area contributed by atoms with E-state index in [9.17, 15) is 18.4 Å². The lowest BCUT2D eigenvalue weighted by atomic mass is 10.1. The Morgan fingerprint density at radius 1 is 1.13 bits per heavy atom. The fourth-order valence-electron chi connectivity index (χ4n) is 2.65. The van der Waals surface area contributed by atoms with Gasteiger partial charge in [-0.15, -0.1) is 10.2 Å². The molecule has 0 unspecified atom stereocenters. The summed E-state index contributed by atoms with van der Waals surface area (Å²) in [5.41, 5.74) is 1.30. The van der Waals surface area contributed by atoms with E-state index < -0.39 is 11.6 Å². The summed E-state index contributed by atoms with van der Waals surface area (Å²) in [6.45, 7) is 0.215. The van der Waals surface area contributed by atoms with Crippen LogP contribution < -0.4 is 10.6 Å². The third-order valence-electron chi connectivity index (χ3n) is 4.03. The van der Waals surface area contributed by atoms with Gasteiger partial charge in [0, 0.05) is 30.9 Å². The van der Waals surface area contributed by atoms with Crippen molar-refractivity contribution in [2.45, 2.75) is 11.6 Å². The molecule has 3 aromatic rings. The summed E-state index contributed by atoms with van der Waals surface area (Å²) in [5, 5.41) is 13.7. The summed E-state index contributed by atoms with van der Waals surface area (Å²) in [6.07, 6.45) is 1.84. The Labute approximate surface area is 175 Å². The van der Waals surface area contributed by atoms with Crippen LogP contribution in [0.1, 0.15) is 15.9 Å². The number of rotatable bonds is 8. The first-order chi connectivity index (χ1) is 14.4. The van der Waals surface area contributed by atoms with E-state index in [1.54, 1.807) is 42.2 Å². The van der Waals surface area contributed by atoms with Crippen LogP contribution in [0.15, 0.2) is 53.9 Å². The lowest BCUT2D eigenvalue weighted by Gasteiger charge is -2.09. The van der Waals surface area contributed by atoms with Crippen LogP contribution in [0.3, 0.4) is 0 Å². The minimum Gasteiger partial charge on any atom is -0.352 e. The van der Waals surface area contributed by atoms with E-state index in [1.807, 2.05) is 0 Å². The zero-order valence-corrected chi connectivity index (χ0v) is 16.9. The van der Waals surface area contributed by atoms with Crippen molar-refractivity contribution in [3.05, 3.63) is 71.6 Å². The molecule has 2 aromatic carbocycles. The molecule has 0 atom stereocenters. The first-order valence-electron chi connectivity index (χ1n) is 9.00. The van der Waals surface area contributed by atoms with Gasteiger partial charge in [-0.25, -0.2) is 8.78 Å². The second kappa shape index (κ2) is 9.97. The lowest BCUT2D eigenvalue weighted by Crippen LogP contribution is -2.26. The molecule has 0 aliphatic heterocycles. The van der Waals surface area contributed by atoms with Crippen molar-refractivity contribution in [2.75, 3.05) is 17.6 Å². The fraction of sp³-hybridized carbons (Fsp3) is 0.200. The molecule has 30 heavy (non-hydrogen) atoms. The molecule has 1 aromatic heterocycles. The third kappa shape index (κ3) is 6.11. The predicted octanol–water partition coefficient (Wildman–Crippen LogP) is 2.80. The molecule has 2 N–H and O–H groups in total. The molecular weight excluding hydrogens is 412 g/mol. The largest absolute Gasteiger partial charge is 0.352 e. The van der Waals surface area contributed by atoms with Crippen LogP contribution in [0.25, 0.3) is 0 Å². The smallest absolute Gasteiger partial charge is 0.251 e. The van der Waals surface area contributed by atoms with Gasteiger partial charge < -0.3 is 15.2 Å². The van der Waals surface area contributed by atoms with Crippen LogP contribution in [0.2, 0.25) is 0 Å². The maximum absolute atomic E-state index is 13.2. The van der Waals surface area contributed by atoms with Crippen molar-refractivity contribution < 1.29 is 18.4 Å². The summed E-state index contributed by atoms with van der Waals surface area (Å²) in [4.78, 5) is 24.5. The number of anilines is 1.